The van der Waals surface area contributed by atoms with Gasteiger partial charge in [-0.15, -0.1) is 0 Å². The van der Waals surface area contributed by atoms with Gasteiger partial charge in [-0.25, -0.2) is 0 Å². The maximum atomic E-state index is 8.82. The normalized spacial score (nSPS) is 8.92. The summed E-state index contributed by atoms with van der Waals surface area (Å²) in [5.74, 6) is 0. The molecular weight excluding hydrogens is 204 g/mol. The Bertz CT molecular complexity index is 415. The fourth-order valence-corrected chi connectivity index (χ4v) is 1.63. The molecule has 0 aliphatic carbocycles. The van der Waals surface area contributed by atoms with Crippen molar-refractivity contribution in [3.8, 4) is 11.5 Å². The third kappa shape index (κ3) is 1.95. The lowest BCUT2D eigenvalue weighted by Gasteiger charge is -2.03. The average molecular weight is 209 g/mol. The van der Waals surface area contributed by atoms with Crippen molar-refractivity contribution in [1.29, 1.82) is 10.5 Å². The summed E-state index contributed by atoms with van der Waals surface area (Å²) in [5.41, 5.74) is 1.21. The van der Waals surface area contributed by atoms with Crippen LogP contribution in [-0.4, -0.2) is 0 Å². The van der Waals surface area contributed by atoms with Crippen molar-refractivity contribution < 1.29 is 0 Å². The van der Waals surface area contributed by atoms with E-state index in [1.54, 1.807) is 19.1 Å². The van der Waals surface area contributed by atoms with Crippen LogP contribution < -0.4 is 0 Å². The van der Waals surface area contributed by atoms with Crippen LogP contribution in [0.4, 0.5) is 0 Å². The van der Waals surface area contributed by atoms with Crippen LogP contribution in [0.25, 0.3) is 0 Å². The van der Waals surface area contributed by atoms with E-state index in [9.17, 15) is 0 Å². The van der Waals surface area contributed by atoms with Crippen LogP contribution in [0.1, 0.15) is 11.1 Å². The average Bonchev–Trinajstić information content (AvgIpc) is 2.12. The molecule has 0 atom stereocenters. The van der Waals surface area contributed by atoms with Crippen LogP contribution >= 0.6 is 23.4 Å². The monoisotopic (exact) mass is 208 g/mol. The zero-order valence-corrected chi connectivity index (χ0v) is 8.41. The second-order valence-electron chi connectivity index (χ2n) is 2.35. The van der Waals surface area contributed by atoms with E-state index in [-0.39, 0.29) is 0 Å². The smallest absolute Gasteiger partial charge is 0.138 e. The Morgan fingerprint density at radius 2 is 2.08 bits per heavy atom. The predicted molar refractivity (Wildman–Crippen MR) is 52.4 cm³/mol. The van der Waals surface area contributed by atoms with Gasteiger partial charge in [0.25, 0.3) is 0 Å². The fraction of sp³-hybridized carbons (Fsp3) is 0.111. The van der Waals surface area contributed by atoms with Crippen molar-refractivity contribution in [2.24, 2.45) is 0 Å². The molecule has 13 heavy (non-hydrogen) atoms. The number of hydrogen-bond acceptors (Lipinski definition) is 3. The van der Waals surface area contributed by atoms with Gasteiger partial charge in [-0.2, -0.15) is 10.5 Å². The van der Waals surface area contributed by atoms with Crippen LogP contribution in [0.5, 0.6) is 0 Å². The third-order valence-corrected chi connectivity index (χ3v) is 2.69. The lowest BCUT2D eigenvalue weighted by Crippen LogP contribution is -1.86. The Morgan fingerprint density at radius 3 is 2.62 bits per heavy atom. The molecule has 0 fully saturated rings. The first-order valence-electron chi connectivity index (χ1n) is 3.46. The van der Waals surface area contributed by atoms with E-state index in [0.29, 0.717) is 15.5 Å². The molecule has 4 heteroatoms. The van der Waals surface area contributed by atoms with E-state index in [1.807, 2.05) is 11.5 Å². The second-order valence-corrected chi connectivity index (χ2v) is 3.58. The summed E-state index contributed by atoms with van der Waals surface area (Å²) in [7, 11) is 0. The highest BCUT2D eigenvalue weighted by atomic mass is 35.5. The lowest BCUT2D eigenvalue weighted by atomic mass is 10.1. The first kappa shape index (κ1) is 9.92. The zero-order valence-electron chi connectivity index (χ0n) is 6.84. The first-order valence-corrected chi connectivity index (χ1v) is 4.65. The summed E-state index contributed by atoms with van der Waals surface area (Å²) in [6.45, 7) is 1.77. The maximum absolute atomic E-state index is 8.82. The SMILES string of the molecule is Cc1c(Cl)ccc(SC#N)c1C#N. The van der Waals surface area contributed by atoms with E-state index >= 15 is 0 Å². The standard InChI is InChI=1S/C9H5ClN2S/c1-6-7(4-11)9(13-5-12)3-2-8(6)10/h2-3H,1H3. The van der Waals surface area contributed by atoms with Crippen LogP contribution in [0.2, 0.25) is 5.02 Å². The van der Waals surface area contributed by atoms with E-state index in [2.05, 4.69) is 0 Å². The van der Waals surface area contributed by atoms with Crippen molar-refractivity contribution in [3.63, 3.8) is 0 Å². The van der Waals surface area contributed by atoms with Crippen molar-refractivity contribution >= 4 is 23.4 Å². The predicted octanol–water partition coefficient (Wildman–Crippen LogP) is 3.09. The molecule has 64 valence electrons. The molecule has 0 saturated carbocycles. The highest BCUT2D eigenvalue weighted by Crippen LogP contribution is 2.28. The van der Waals surface area contributed by atoms with Gasteiger partial charge in [0.2, 0.25) is 0 Å². The minimum atomic E-state index is 0.485. The van der Waals surface area contributed by atoms with Gasteiger partial charge in [-0.05, 0) is 36.4 Å². The van der Waals surface area contributed by atoms with Crippen LogP contribution in [0, 0.1) is 28.9 Å². The van der Waals surface area contributed by atoms with Gasteiger partial charge < -0.3 is 0 Å². The van der Waals surface area contributed by atoms with E-state index in [4.69, 9.17) is 22.1 Å². The number of nitriles is 2. The van der Waals surface area contributed by atoms with Gasteiger partial charge in [0.05, 0.1) is 5.56 Å². The molecule has 0 spiro atoms. The molecule has 0 unspecified atom stereocenters. The number of nitrogens with zero attached hydrogens (tertiary/aromatic N) is 2. The summed E-state index contributed by atoms with van der Waals surface area (Å²) in [4.78, 5) is 0.659. The van der Waals surface area contributed by atoms with Crippen molar-refractivity contribution in [1.82, 2.24) is 0 Å². The third-order valence-electron chi connectivity index (χ3n) is 1.63. The summed E-state index contributed by atoms with van der Waals surface area (Å²) in [6.07, 6.45) is 0. The Morgan fingerprint density at radius 1 is 1.38 bits per heavy atom. The minimum Gasteiger partial charge on any atom is -0.192 e. The van der Waals surface area contributed by atoms with Gasteiger partial charge in [-0.3, -0.25) is 0 Å². The van der Waals surface area contributed by atoms with Gasteiger partial charge in [0.1, 0.15) is 11.5 Å². The number of hydrogen-bond donors (Lipinski definition) is 0. The van der Waals surface area contributed by atoms with Gasteiger partial charge >= 0.3 is 0 Å². The molecule has 0 aliphatic heterocycles. The lowest BCUT2D eigenvalue weighted by molar-refractivity contribution is 1.30. The molecule has 0 amide bonds. The molecule has 0 N–H and O–H groups in total. The van der Waals surface area contributed by atoms with Crippen molar-refractivity contribution in [3.05, 3.63) is 28.3 Å². The number of thiocyanates is 1. The van der Waals surface area contributed by atoms with Crippen LogP contribution in [0.3, 0.4) is 0 Å². The molecule has 0 radical (unpaired) electrons. The van der Waals surface area contributed by atoms with E-state index in [1.165, 1.54) is 0 Å². The van der Waals surface area contributed by atoms with Crippen molar-refractivity contribution in [2.45, 2.75) is 11.8 Å². The molecule has 0 saturated heterocycles. The maximum Gasteiger partial charge on any atom is 0.138 e. The van der Waals surface area contributed by atoms with Crippen LogP contribution in [0.15, 0.2) is 17.0 Å². The molecule has 0 bridgehead atoms. The molecule has 1 aromatic carbocycles. The number of benzene rings is 1. The topological polar surface area (TPSA) is 47.6 Å². The quantitative estimate of drug-likeness (QED) is 0.526. The zero-order chi connectivity index (χ0) is 9.84. The molecule has 1 aromatic rings. The summed E-state index contributed by atoms with van der Waals surface area (Å²) >= 11 is 6.80. The van der Waals surface area contributed by atoms with Crippen LogP contribution in [-0.2, 0) is 0 Å². The number of halogens is 1. The Balaban J connectivity index is 3.34. The molecule has 0 aromatic heterocycles. The summed E-state index contributed by atoms with van der Waals surface area (Å²) in [5, 5.41) is 19.8. The molecule has 0 heterocycles. The van der Waals surface area contributed by atoms with Crippen molar-refractivity contribution in [2.75, 3.05) is 0 Å². The van der Waals surface area contributed by atoms with E-state index < -0.39 is 0 Å². The molecule has 0 aliphatic rings. The summed E-state index contributed by atoms with van der Waals surface area (Å²) in [6, 6.07) is 5.41. The minimum absolute atomic E-state index is 0.485. The Kier molecular flexibility index (Phi) is 3.19. The molecule has 1 rings (SSSR count). The van der Waals surface area contributed by atoms with E-state index in [0.717, 1.165) is 17.3 Å². The largest absolute Gasteiger partial charge is 0.192 e. The first-order chi connectivity index (χ1) is 6.20. The molecule has 2 nitrogen and oxygen atoms in total. The Labute approximate surface area is 85.7 Å². The van der Waals surface area contributed by atoms with Gasteiger partial charge in [0, 0.05) is 9.92 Å². The highest BCUT2D eigenvalue weighted by Gasteiger charge is 2.08. The van der Waals surface area contributed by atoms with Gasteiger partial charge in [-0.1, -0.05) is 11.6 Å². The number of thioether (sulfide) groups is 1. The highest BCUT2D eigenvalue weighted by molar-refractivity contribution is 8.03. The summed E-state index contributed by atoms with van der Waals surface area (Å²) < 4.78 is 0. The van der Waals surface area contributed by atoms with Gasteiger partial charge in [0.15, 0.2) is 0 Å². The Hall–Kier alpha value is -1.16. The second kappa shape index (κ2) is 4.18. The fourth-order valence-electron chi connectivity index (χ4n) is 0.935. The number of rotatable bonds is 1. The molecular formula is C9H5ClN2S.